The molecule has 0 atom stereocenters. The van der Waals surface area contributed by atoms with Gasteiger partial charge in [-0.25, -0.2) is 0 Å². The molecule has 0 radical (unpaired) electrons. The van der Waals surface area contributed by atoms with Gasteiger partial charge in [0.25, 0.3) is 5.91 Å². The molecule has 138 valence electrons. The fourth-order valence-corrected chi connectivity index (χ4v) is 2.94. The van der Waals surface area contributed by atoms with Gasteiger partial charge in [-0.3, -0.25) is 9.59 Å². The summed E-state index contributed by atoms with van der Waals surface area (Å²) in [5.74, 6) is -0.214. The molecule has 3 aromatic carbocycles. The van der Waals surface area contributed by atoms with Crippen LogP contribution >= 0.6 is 0 Å². The number of hydrogen-bond acceptors (Lipinski definition) is 2. The highest BCUT2D eigenvalue weighted by atomic mass is 16.2. The van der Waals surface area contributed by atoms with Crippen molar-refractivity contribution >= 4 is 28.3 Å². The smallest absolute Gasteiger partial charge is 0.251 e. The molecule has 2 N–H and O–H groups in total. The zero-order chi connectivity index (χ0) is 19.4. The van der Waals surface area contributed by atoms with Gasteiger partial charge in [-0.2, -0.15) is 0 Å². The van der Waals surface area contributed by atoms with E-state index in [1.54, 1.807) is 24.3 Å². The SMILES string of the molecule is CC(C)(C)NC(=O)c1ccc(NC(=O)Cc2cccc3ccccc23)cc1. The van der Waals surface area contributed by atoms with E-state index in [-0.39, 0.29) is 17.4 Å². The van der Waals surface area contributed by atoms with Gasteiger partial charge in [-0.15, -0.1) is 0 Å². The zero-order valence-corrected chi connectivity index (χ0v) is 15.9. The lowest BCUT2D eigenvalue weighted by molar-refractivity contribution is -0.115. The molecule has 0 fully saturated rings. The van der Waals surface area contributed by atoms with E-state index in [1.165, 1.54) is 0 Å². The minimum absolute atomic E-state index is 0.0850. The Bertz CT molecular complexity index is 964. The Labute approximate surface area is 159 Å². The van der Waals surface area contributed by atoms with E-state index in [4.69, 9.17) is 0 Å². The summed E-state index contributed by atoms with van der Waals surface area (Å²) in [4.78, 5) is 24.6. The number of amides is 2. The quantitative estimate of drug-likeness (QED) is 0.717. The van der Waals surface area contributed by atoms with Crippen LogP contribution in [0.1, 0.15) is 36.7 Å². The van der Waals surface area contributed by atoms with Crippen LogP contribution in [0.3, 0.4) is 0 Å². The summed E-state index contributed by atoms with van der Waals surface area (Å²) >= 11 is 0. The summed E-state index contributed by atoms with van der Waals surface area (Å²) in [6, 6.07) is 20.9. The van der Waals surface area contributed by atoms with Gasteiger partial charge in [0.15, 0.2) is 0 Å². The Hall–Kier alpha value is -3.14. The van der Waals surface area contributed by atoms with Crippen molar-refractivity contribution in [2.45, 2.75) is 32.7 Å². The molecule has 0 aliphatic carbocycles. The molecule has 0 saturated heterocycles. The standard InChI is InChI=1S/C23H24N2O2/c1-23(2,3)25-22(27)17-11-13-19(14-12-17)24-21(26)15-18-9-6-8-16-7-4-5-10-20(16)18/h4-14H,15H2,1-3H3,(H,24,26)(H,25,27). The number of rotatable bonds is 4. The van der Waals surface area contributed by atoms with E-state index < -0.39 is 0 Å². The fraction of sp³-hybridized carbons (Fsp3) is 0.217. The second kappa shape index (κ2) is 7.62. The van der Waals surface area contributed by atoms with Crippen molar-refractivity contribution in [3.05, 3.63) is 77.9 Å². The highest BCUT2D eigenvalue weighted by Gasteiger charge is 2.15. The lowest BCUT2D eigenvalue weighted by atomic mass is 10.0. The van der Waals surface area contributed by atoms with E-state index in [1.807, 2.05) is 63.2 Å². The molecule has 4 nitrogen and oxygen atoms in total. The minimum atomic E-state index is -0.289. The Morgan fingerprint density at radius 3 is 2.22 bits per heavy atom. The van der Waals surface area contributed by atoms with Crippen LogP contribution in [-0.4, -0.2) is 17.4 Å². The predicted molar refractivity (Wildman–Crippen MR) is 110 cm³/mol. The average molecular weight is 360 g/mol. The van der Waals surface area contributed by atoms with Gasteiger partial charge in [-0.1, -0.05) is 42.5 Å². The normalized spacial score (nSPS) is 11.2. The van der Waals surface area contributed by atoms with Crippen molar-refractivity contribution < 1.29 is 9.59 Å². The number of nitrogens with one attached hydrogen (secondary N) is 2. The molecule has 0 saturated carbocycles. The molecule has 0 unspecified atom stereocenters. The van der Waals surface area contributed by atoms with Crippen LogP contribution in [0.25, 0.3) is 10.8 Å². The molecule has 2 amide bonds. The van der Waals surface area contributed by atoms with Crippen molar-refractivity contribution in [2.75, 3.05) is 5.32 Å². The fourth-order valence-electron chi connectivity index (χ4n) is 2.94. The van der Waals surface area contributed by atoms with Gasteiger partial charge in [0.1, 0.15) is 0 Å². The van der Waals surface area contributed by atoms with Crippen LogP contribution in [0.15, 0.2) is 66.7 Å². The number of carbonyl (C=O) groups is 2. The summed E-state index contributed by atoms with van der Waals surface area (Å²) in [7, 11) is 0. The zero-order valence-electron chi connectivity index (χ0n) is 15.9. The molecule has 0 aliphatic heterocycles. The summed E-state index contributed by atoms with van der Waals surface area (Å²) < 4.78 is 0. The first kappa shape index (κ1) is 18.6. The van der Waals surface area contributed by atoms with Crippen LogP contribution in [-0.2, 0) is 11.2 Å². The summed E-state index contributed by atoms with van der Waals surface area (Å²) in [5, 5.41) is 8.03. The summed E-state index contributed by atoms with van der Waals surface area (Å²) in [6.07, 6.45) is 0.299. The van der Waals surface area contributed by atoms with Crippen LogP contribution in [0.4, 0.5) is 5.69 Å². The van der Waals surface area contributed by atoms with E-state index in [2.05, 4.69) is 10.6 Å². The highest BCUT2D eigenvalue weighted by molar-refractivity contribution is 5.98. The van der Waals surface area contributed by atoms with E-state index in [0.717, 1.165) is 16.3 Å². The van der Waals surface area contributed by atoms with E-state index >= 15 is 0 Å². The molecule has 0 aromatic heterocycles. The predicted octanol–water partition coefficient (Wildman–Crippen LogP) is 4.55. The third-order valence-electron chi connectivity index (χ3n) is 4.15. The first-order valence-corrected chi connectivity index (χ1v) is 9.01. The van der Waals surface area contributed by atoms with Crippen molar-refractivity contribution in [3.8, 4) is 0 Å². The number of anilines is 1. The van der Waals surface area contributed by atoms with Crippen molar-refractivity contribution in [1.29, 1.82) is 0 Å². The average Bonchev–Trinajstić information content (AvgIpc) is 2.61. The molecule has 4 heteroatoms. The number of hydrogen-bond donors (Lipinski definition) is 2. The van der Waals surface area contributed by atoms with Gasteiger partial charge in [0.2, 0.25) is 5.91 Å². The second-order valence-corrected chi connectivity index (χ2v) is 7.64. The highest BCUT2D eigenvalue weighted by Crippen LogP contribution is 2.19. The maximum absolute atomic E-state index is 12.4. The topological polar surface area (TPSA) is 58.2 Å². The molecule has 3 aromatic rings. The van der Waals surface area contributed by atoms with Gasteiger partial charge in [-0.05, 0) is 61.4 Å². The van der Waals surface area contributed by atoms with Gasteiger partial charge in [0.05, 0.1) is 6.42 Å². The summed E-state index contributed by atoms with van der Waals surface area (Å²) in [6.45, 7) is 5.81. The van der Waals surface area contributed by atoms with Crippen molar-refractivity contribution in [1.82, 2.24) is 5.32 Å². The number of carbonyl (C=O) groups excluding carboxylic acids is 2. The van der Waals surface area contributed by atoms with Gasteiger partial charge < -0.3 is 10.6 Å². The maximum Gasteiger partial charge on any atom is 0.251 e. The first-order valence-electron chi connectivity index (χ1n) is 9.01. The molecule has 3 rings (SSSR count). The van der Waals surface area contributed by atoms with Crippen molar-refractivity contribution in [2.24, 2.45) is 0 Å². The van der Waals surface area contributed by atoms with Crippen molar-refractivity contribution in [3.63, 3.8) is 0 Å². The lowest BCUT2D eigenvalue weighted by Crippen LogP contribution is -2.40. The largest absolute Gasteiger partial charge is 0.347 e. The minimum Gasteiger partial charge on any atom is -0.347 e. The molecule has 27 heavy (non-hydrogen) atoms. The van der Waals surface area contributed by atoms with Crippen LogP contribution < -0.4 is 10.6 Å². The molecular weight excluding hydrogens is 336 g/mol. The Morgan fingerprint density at radius 1 is 0.852 bits per heavy atom. The number of benzene rings is 3. The Balaban J connectivity index is 1.67. The summed E-state index contributed by atoms with van der Waals surface area (Å²) in [5.41, 5.74) is 1.94. The molecule has 0 heterocycles. The Kier molecular flexibility index (Phi) is 5.26. The first-order chi connectivity index (χ1) is 12.8. The lowest BCUT2D eigenvalue weighted by Gasteiger charge is -2.20. The van der Waals surface area contributed by atoms with E-state index in [0.29, 0.717) is 17.7 Å². The van der Waals surface area contributed by atoms with E-state index in [9.17, 15) is 9.59 Å². The Morgan fingerprint density at radius 2 is 1.52 bits per heavy atom. The number of fused-ring (bicyclic) bond motifs is 1. The maximum atomic E-state index is 12.4. The molecule has 0 spiro atoms. The molecule has 0 bridgehead atoms. The second-order valence-electron chi connectivity index (χ2n) is 7.64. The third kappa shape index (κ3) is 4.94. The van der Waals surface area contributed by atoms with Crippen LogP contribution in [0, 0.1) is 0 Å². The molecule has 0 aliphatic rings. The monoisotopic (exact) mass is 360 g/mol. The third-order valence-corrected chi connectivity index (χ3v) is 4.15. The van der Waals surface area contributed by atoms with Crippen LogP contribution in [0.5, 0.6) is 0 Å². The van der Waals surface area contributed by atoms with Crippen LogP contribution in [0.2, 0.25) is 0 Å². The van der Waals surface area contributed by atoms with Gasteiger partial charge in [0, 0.05) is 16.8 Å². The van der Waals surface area contributed by atoms with Gasteiger partial charge >= 0.3 is 0 Å². The molecular formula is C23H24N2O2.